The van der Waals surface area contributed by atoms with Gasteiger partial charge in [-0.1, -0.05) is 18.2 Å². The van der Waals surface area contributed by atoms with Crippen molar-refractivity contribution in [2.75, 3.05) is 17.2 Å². The van der Waals surface area contributed by atoms with Crippen molar-refractivity contribution in [3.05, 3.63) is 58.1 Å². The zero-order valence-electron chi connectivity index (χ0n) is 11.0. The van der Waals surface area contributed by atoms with Crippen LogP contribution < -0.4 is 10.6 Å². The quantitative estimate of drug-likeness (QED) is 0.811. The van der Waals surface area contributed by atoms with E-state index in [0.29, 0.717) is 11.3 Å². The molecule has 0 saturated carbocycles. The van der Waals surface area contributed by atoms with Gasteiger partial charge in [0.2, 0.25) is 0 Å². The zero-order chi connectivity index (χ0) is 14.1. The van der Waals surface area contributed by atoms with Gasteiger partial charge in [-0.25, -0.2) is 0 Å². The highest BCUT2D eigenvalue weighted by molar-refractivity contribution is 9.10. The second-order valence-corrected chi connectivity index (χ2v) is 5.78. The van der Waals surface area contributed by atoms with Crippen molar-refractivity contribution in [1.29, 1.82) is 0 Å². The molecule has 20 heavy (non-hydrogen) atoms. The Morgan fingerprint density at radius 2 is 2.00 bits per heavy atom. The lowest BCUT2D eigenvalue weighted by molar-refractivity contribution is 0.0985. The molecule has 0 spiro atoms. The van der Waals surface area contributed by atoms with E-state index in [4.69, 9.17) is 5.73 Å². The van der Waals surface area contributed by atoms with Gasteiger partial charge in [0.15, 0.2) is 0 Å². The number of halogens is 1. The molecule has 0 saturated heterocycles. The van der Waals surface area contributed by atoms with Crippen molar-refractivity contribution in [3.63, 3.8) is 0 Å². The lowest BCUT2D eigenvalue weighted by atomic mass is 10.0. The summed E-state index contributed by atoms with van der Waals surface area (Å²) in [5.41, 5.74) is 9.33. The number of benzene rings is 2. The van der Waals surface area contributed by atoms with Crippen LogP contribution in [0.1, 0.15) is 22.3 Å². The Kier molecular flexibility index (Phi) is 3.49. The Morgan fingerprint density at radius 3 is 2.80 bits per heavy atom. The van der Waals surface area contributed by atoms with E-state index in [9.17, 15) is 4.79 Å². The molecular formula is C16H15BrN2O. The molecule has 3 rings (SSSR count). The molecule has 0 radical (unpaired) electrons. The van der Waals surface area contributed by atoms with Crippen molar-refractivity contribution < 1.29 is 4.79 Å². The van der Waals surface area contributed by atoms with Gasteiger partial charge in [-0.2, -0.15) is 0 Å². The van der Waals surface area contributed by atoms with Crippen LogP contribution in [0.2, 0.25) is 0 Å². The molecule has 1 aliphatic heterocycles. The van der Waals surface area contributed by atoms with Crippen LogP contribution in [0, 0.1) is 0 Å². The second-order valence-electron chi connectivity index (χ2n) is 4.93. The van der Waals surface area contributed by atoms with Crippen LogP contribution >= 0.6 is 15.9 Å². The van der Waals surface area contributed by atoms with Gasteiger partial charge in [0.25, 0.3) is 5.91 Å². The summed E-state index contributed by atoms with van der Waals surface area (Å²) in [6.07, 6.45) is 2.02. The number of fused-ring (bicyclic) bond motifs is 1. The van der Waals surface area contributed by atoms with Crippen LogP contribution in [0.25, 0.3) is 0 Å². The van der Waals surface area contributed by atoms with Crippen LogP contribution in [0.3, 0.4) is 0 Å². The molecule has 0 aliphatic carbocycles. The maximum absolute atomic E-state index is 12.7. The Morgan fingerprint density at radius 1 is 1.20 bits per heavy atom. The fraction of sp³-hybridized carbons (Fsp3) is 0.188. The molecule has 0 unspecified atom stereocenters. The Labute approximate surface area is 126 Å². The van der Waals surface area contributed by atoms with Crippen molar-refractivity contribution in [2.24, 2.45) is 0 Å². The van der Waals surface area contributed by atoms with Gasteiger partial charge < -0.3 is 10.6 Å². The molecular weight excluding hydrogens is 316 g/mol. The molecule has 2 N–H and O–H groups in total. The third-order valence-electron chi connectivity index (χ3n) is 3.60. The van der Waals surface area contributed by atoms with E-state index in [1.807, 2.05) is 29.2 Å². The van der Waals surface area contributed by atoms with Crippen molar-refractivity contribution >= 4 is 33.2 Å². The largest absolute Gasteiger partial charge is 0.398 e. The van der Waals surface area contributed by atoms with E-state index in [-0.39, 0.29) is 5.91 Å². The third kappa shape index (κ3) is 2.31. The number of hydrogen-bond acceptors (Lipinski definition) is 2. The van der Waals surface area contributed by atoms with Crippen LogP contribution in [0.4, 0.5) is 11.4 Å². The lowest BCUT2D eigenvalue weighted by Gasteiger charge is -2.29. The predicted molar refractivity (Wildman–Crippen MR) is 85.0 cm³/mol. The summed E-state index contributed by atoms with van der Waals surface area (Å²) in [7, 11) is 0. The lowest BCUT2D eigenvalue weighted by Crippen LogP contribution is -2.35. The average molecular weight is 331 g/mol. The normalized spacial score (nSPS) is 13.9. The third-order valence-corrected chi connectivity index (χ3v) is 4.32. The number of aryl methyl sites for hydroxylation is 1. The SMILES string of the molecule is Nc1cc(C(=O)N2CCCc3ccccc32)ccc1Br. The van der Waals surface area contributed by atoms with E-state index in [1.54, 1.807) is 12.1 Å². The first kappa shape index (κ1) is 13.2. The van der Waals surface area contributed by atoms with Gasteiger partial charge in [0.1, 0.15) is 0 Å². The number of carbonyl (C=O) groups excluding carboxylic acids is 1. The van der Waals surface area contributed by atoms with Crippen LogP contribution in [0.5, 0.6) is 0 Å². The maximum atomic E-state index is 12.7. The fourth-order valence-corrected chi connectivity index (χ4v) is 2.82. The molecule has 1 heterocycles. The van der Waals surface area contributed by atoms with E-state index < -0.39 is 0 Å². The van der Waals surface area contributed by atoms with E-state index >= 15 is 0 Å². The van der Waals surface area contributed by atoms with Gasteiger partial charge >= 0.3 is 0 Å². The highest BCUT2D eigenvalue weighted by atomic mass is 79.9. The van der Waals surface area contributed by atoms with Gasteiger partial charge in [0.05, 0.1) is 0 Å². The minimum Gasteiger partial charge on any atom is -0.398 e. The van der Waals surface area contributed by atoms with E-state index in [2.05, 4.69) is 22.0 Å². The van der Waals surface area contributed by atoms with Crippen molar-refractivity contribution in [3.8, 4) is 0 Å². The number of anilines is 2. The molecule has 2 aromatic rings. The molecule has 0 fully saturated rings. The summed E-state index contributed by atoms with van der Waals surface area (Å²) in [5.74, 6) is 0.0105. The monoisotopic (exact) mass is 330 g/mol. The Hall–Kier alpha value is -1.81. The smallest absolute Gasteiger partial charge is 0.258 e. The first-order chi connectivity index (χ1) is 9.66. The number of rotatable bonds is 1. The molecule has 102 valence electrons. The van der Waals surface area contributed by atoms with Crippen molar-refractivity contribution in [2.45, 2.75) is 12.8 Å². The van der Waals surface area contributed by atoms with Crippen molar-refractivity contribution in [1.82, 2.24) is 0 Å². The zero-order valence-corrected chi connectivity index (χ0v) is 12.6. The second kappa shape index (κ2) is 5.29. The predicted octanol–water partition coefficient (Wildman–Crippen LogP) is 3.62. The number of nitrogens with two attached hydrogens (primary N) is 1. The summed E-state index contributed by atoms with van der Waals surface area (Å²) in [4.78, 5) is 14.5. The molecule has 0 atom stereocenters. The Balaban J connectivity index is 1.97. The number of hydrogen-bond donors (Lipinski definition) is 1. The molecule has 0 aromatic heterocycles. The summed E-state index contributed by atoms with van der Waals surface area (Å²) < 4.78 is 0.813. The van der Waals surface area contributed by atoms with E-state index in [1.165, 1.54) is 5.56 Å². The maximum Gasteiger partial charge on any atom is 0.258 e. The number of carbonyl (C=O) groups is 1. The molecule has 3 nitrogen and oxygen atoms in total. The molecule has 0 bridgehead atoms. The number of para-hydroxylation sites is 1. The topological polar surface area (TPSA) is 46.3 Å². The molecule has 1 amide bonds. The first-order valence-corrected chi connectivity index (χ1v) is 7.41. The average Bonchev–Trinajstić information content (AvgIpc) is 2.49. The number of amides is 1. The van der Waals surface area contributed by atoms with E-state index in [0.717, 1.165) is 29.5 Å². The van der Waals surface area contributed by atoms with Gasteiger partial charge in [-0.15, -0.1) is 0 Å². The first-order valence-electron chi connectivity index (χ1n) is 6.61. The van der Waals surface area contributed by atoms with Crippen LogP contribution in [-0.4, -0.2) is 12.5 Å². The highest BCUT2D eigenvalue weighted by Crippen LogP contribution is 2.29. The minimum absolute atomic E-state index is 0.0105. The molecule has 2 aromatic carbocycles. The number of nitrogen functional groups attached to an aromatic ring is 1. The summed E-state index contributed by atoms with van der Waals surface area (Å²) in [6, 6.07) is 13.4. The summed E-state index contributed by atoms with van der Waals surface area (Å²) in [6.45, 7) is 0.756. The standard InChI is InChI=1S/C16H15BrN2O/c17-13-8-7-12(10-14(13)18)16(20)19-9-3-5-11-4-1-2-6-15(11)19/h1-2,4,6-8,10H,3,5,9,18H2. The minimum atomic E-state index is 0.0105. The highest BCUT2D eigenvalue weighted by Gasteiger charge is 2.23. The van der Waals surface area contributed by atoms with Gasteiger partial charge in [-0.05, 0) is 58.6 Å². The molecule has 1 aliphatic rings. The molecule has 4 heteroatoms. The van der Waals surface area contributed by atoms with Crippen LogP contribution in [-0.2, 0) is 6.42 Å². The Bertz CT molecular complexity index is 669. The summed E-state index contributed by atoms with van der Waals surface area (Å²) in [5, 5.41) is 0. The summed E-state index contributed by atoms with van der Waals surface area (Å²) >= 11 is 3.35. The van der Waals surface area contributed by atoms with Crippen LogP contribution in [0.15, 0.2) is 46.9 Å². The van der Waals surface area contributed by atoms with Gasteiger partial charge in [0, 0.05) is 28.0 Å². The number of nitrogens with zero attached hydrogens (tertiary/aromatic N) is 1. The van der Waals surface area contributed by atoms with Gasteiger partial charge in [-0.3, -0.25) is 4.79 Å². The fourth-order valence-electron chi connectivity index (χ4n) is 2.58.